The van der Waals surface area contributed by atoms with Gasteiger partial charge in [-0.2, -0.15) is 0 Å². The second-order valence-electron chi connectivity index (χ2n) is 5.50. The van der Waals surface area contributed by atoms with Gasteiger partial charge in [0.2, 0.25) is 0 Å². The van der Waals surface area contributed by atoms with E-state index in [2.05, 4.69) is 21.8 Å². The molecule has 1 aliphatic rings. The van der Waals surface area contributed by atoms with Crippen molar-refractivity contribution in [3.63, 3.8) is 0 Å². The lowest BCUT2D eigenvalue weighted by Gasteiger charge is -2.32. The lowest BCUT2D eigenvalue weighted by atomic mass is 9.98. The minimum Gasteiger partial charge on any atom is -0.303 e. The molecule has 0 aromatic carbocycles. The van der Waals surface area contributed by atoms with Crippen molar-refractivity contribution >= 4 is 10.9 Å². The molecule has 0 amide bonds. The summed E-state index contributed by atoms with van der Waals surface area (Å²) in [7, 11) is 0. The van der Waals surface area contributed by atoms with Gasteiger partial charge in [-0.25, -0.2) is 4.98 Å². The van der Waals surface area contributed by atoms with Crippen LogP contribution >= 0.6 is 0 Å². The van der Waals surface area contributed by atoms with Gasteiger partial charge in [0.1, 0.15) is 0 Å². The monoisotopic (exact) mass is 272 g/mol. The molecule has 0 aliphatic carbocycles. The Hall–Kier alpha value is -1.75. The summed E-state index contributed by atoms with van der Waals surface area (Å²) < 4.78 is 1.74. The molecular weight excluding hydrogens is 252 g/mol. The summed E-state index contributed by atoms with van der Waals surface area (Å²) in [5.41, 5.74) is 0.747. The Balaban J connectivity index is 1.84. The number of pyridine rings is 1. The molecule has 0 radical (unpaired) electrons. The summed E-state index contributed by atoms with van der Waals surface area (Å²) >= 11 is 0. The maximum absolute atomic E-state index is 12.4. The Morgan fingerprint density at radius 1 is 1.45 bits per heavy atom. The summed E-state index contributed by atoms with van der Waals surface area (Å²) in [6.07, 6.45) is 7.36. The molecule has 1 atom stereocenters. The summed E-state index contributed by atoms with van der Waals surface area (Å²) in [6, 6.07) is 1.78. The number of fused-ring (bicyclic) bond motifs is 1. The van der Waals surface area contributed by atoms with Crippen LogP contribution in [0, 0.1) is 5.92 Å². The van der Waals surface area contributed by atoms with Gasteiger partial charge in [-0.15, -0.1) is 0 Å². The average molecular weight is 272 g/mol. The number of nitrogens with zero attached hydrogens (tertiary/aromatic N) is 4. The molecule has 20 heavy (non-hydrogen) atoms. The summed E-state index contributed by atoms with van der Waals surface area (Å²) in [4.78, 5) is 23.3. The fourth-order valence-electron chi connectivity index (χ4n) is 3.00. The number of hydrogen-bond donors (Lipinski definition) is 0. The Bertz CT molecular complexity index is 652. The van der Waals surface area contributed by atoms with Crippen LogP contribution in [0.1, 0.15) is 19.8 Å². The molecule has 3 rings (SSSR count). The first kappa shape index (κ1) is 13.2. The van der Waals surface area contributed by atoms with Gasteiger partial charge < -0.3 is 4.90 Å². The minimum atomic E-state index is 0.0247. The Kier molecular flexibility index (Phi) is 3.78. The van der Waals surface area contributed by atoms with Crippen LogP contribution in [0.25, 0.3) is 10.9 Å². The van der Waals surface area contributed by atoms with E-state index in [1.54, 1.807) is 29.4 Å². The van der Waals surface area contributed by atoms with E-state index in [1.165, 1.54) is 19.4 Å². The van der Waals surface area contributed by atoms with Crippen molar-refractivity contribution in [2.75, 3.05) is 19.6 Å². The van der Waals surface area contributed by atoms with Gasteiger partial charge in [0, 0.05) is 25.5 Å². The maximum Gasteiger partial charge on any atom is 0.262 e. The van der Waals surface area contributed by atoms with E-state index in [0.717, 1.165) is 25.2 Å². The molecule has 1 fully saturated rings. The van der Waals surface area contributed by atoms with Crippen LogP contribution in [-0.2, 0) is 6.54 Å². The van der Waals surface area contributed by atoms with E-state index in [1.807, 2.05) is 0 Å². The molecule has 5 nitrogen and oxygen atoms in total. The first-order valence-electron chi connectivity index (χ1n) is 7.29. The quantitative estimate of drug-likeness (QED) is 0.850. The van der Waals surface area contributed by atoms with E-state index >= 15 is 0 Å². The molecule has 1 saturated heterocycles. The first-order valence-corrected chi connectivity index (χ1v) is 7.29. The molecular formula is C15H20N4O. The van der Waals surface area contributed by atoms with Crippen LogP contribution in [0.3, 0.4) is 0 Å². The molecule has 0 unspecified atom stereocenters. The van der Waals surface area contributed by atoms with Gasteiger partial charge in [0.15, 0.2) is 0 Å². The van der Waals surface area contributed by atoms with E-state index in [0.29, 0.717) is 11.3 Å². The van der Waals surface area contributed by atoms with Crippen molar-refractivity contribution in [1.29, 1.82) is 0 Å². The predicted octanol–water partition coefficient (Wildman–Crippen LogP) is 1.52. The topological polar surface area (TPSA) is 51.0 Å². The van der Waals surface area contributed by atoms with Crippen LogP contribution in [0.15, 0.2) is 29.6 Å². The molecule has 1 aliphatic heterocycles. The lowest BCUT2D eigenvalue weighted by Crippen LogP contribution is -2.38. The highest BCUT2D eigenvalue weighted by Crippen LogP contribution is 2.17. The third-order valence-electron chi connectivity index (χ3n) is 4.13. The molecule has 3 heterocycles. The second-order valence-corrected chi connectivity index (χ2v) is 5.50. The smallest absolute Gasteiger partial charge is 0.262 e. The van der Waals surface area contributed by atoms with Gasteiger partial charge in [-0.05, 0) is 37.9 Å². The highest BCUT2D eigenvalue weighted by molar-refractivity contribution is 5.75. The molecule has 0 spiro atoms. The van der Waals surface area contributed by atoms with Crippen molar-refractivity contribution in [3.8, 4) is 0 Å². The predicted molar refractivity (Wildman–Crippen MR) is 78.6 cm³/mol. The maximum atomic E-state index is 12.4. The van der Waals surface area contributed by atoms with Crippen LogP contribution in [-0.4, -0.2) is 39.1 Å². The van der Waals surface area contributed by atoms with E-state index in [9.17, 15) is 4.79 Å². The van der Waals surface area contributed by atoms with E-state index in [-0.39, 0.29) is 5.56 Å². The minimum absolute atomic E-state index is 0.0247. The van der Waals surface area contributed by atoms with Crippen molar-refractivity contribution in [2.24, 2.45) is 5.92 Å². The zero-order chi connectivity index (χ0) is 13.9. The van der Waals surface area contributed by atoms with Crippen LogP contribution < -0.4 is 5.56 Å². The molecule has 2 aromatic rings. The largest absolute Gasteiger partial charge is 0.303 e. The SMILES string of the molecule is CCN1CCC[C@H](Cn2cnc3ccncc3c2=O)C1. The molecule has 5 heteroatoms. The van der Waals surface area contributed by atoms with Gasteiger partial charge in [0.05, 0.1) is 17.2 Å². The summed E-state index contributed by atoms with van der Waals surface area (Å²) in [5.74, 6) is 0.539. The fourth-order valence-corrected chi connectivity index (χ4v) is 3.00. The van der Waals surface area contributed by atoms with Crippen LogP contribution in [0.2, 0.25) is 0 Å². The molecule has 0 N–H and O–H groups in total. The van der Waals surface area contributed by atoms with Gasteiger partial charge >= 0.3 is 0 Å². The van der Waals surface area contributed by atoms with Crippen molar-refractivity contribution < 1.29 is 0 Å². The van der Waals surface area contributed by atoms with Gasteiger partial charge in [-0.1, -0.05) is 6.92 Å². The second kappa shape index (κ2) is 5.71. The standard InChI is InChI=1S/C15H20N4O/c1-2-18-7-3-4-12(9-18)10-19-11-17-14-5-6-16-8-13(14)15(19)20/h5-6,8,11-12H,2-4,7,9-10H2,1H3/t12-/m0/s1. The fraction of sp³-hybridized carbons (Fsp3) is 0.533. The first-order chi connectivity index (χ1) is 9.78. The number of hydrogen-bond acceptors (Lipinski definition) is 4. The zero-order valence-electron chi connectivity index (χ0n) is 11.8. The highest BCUT2D eigenvalue weighted by Gasteiger charge is 2.19. The highest BCUT2D eigenvalue weighted by atomic mass is 16.1. The molecule has 0 bridgehead atoms. The number of aromatic nitrogens is 3. The van der Waals surface area contributed by atoms with Crippen LogP contribution in [0.4, 0.5) is 0 Å². The van der Waals surface area contributed by atoms with Crippen LogP contribution in [0.5, 0.6) is 0 Å². The number of rotatable bonds is 3. The molecule has 0 saturated carbocycles. The van der Waals surface area contributed by atoms with Gasteiger partial charge in [-0.3, -0.25) is 14.3 Å². The van der Waals surface area contributed by atoms with E-state index < -0.39 is 0 Å². The zero-order valence-corrected chi connectivity index (χ0v) is 11.8. The van der Waals surface area contributed by atoms with Gasteiger partial charge in [0.25, 0.3) is 5.56 Å². The lowest BCUT2D eigenvalue weighted by molar-refractivity contribution is 0.169. The Morgan fingerprint density at radius 2 is 2.35 bits per heavy atom. The number of likely N-dealkylation sites (tertiary alicyclic amines) is 1. The summed E-state index contributed by atoms with van der Waals surface area (Å²) in [5, 5.41) is 0.609. The number of piperidine rings is 1. The van der Waals surface area contributed by atoms with Crippen molar-refractivity contribution in [2.45, 2.75) is 26.3 Å². The van der Waals surface area contributed by atoms with E-state index in [4.69, 9.17) is 0 Å². The Labute approximate surface area is 118 Å². The van der Waals surface area contributed by atoms with Crippen molar-refractivity contribution in [1.82, 2.24) is 19.4 Å². The third kappa shape index (κ3) is 2.58. The van der Waals surface area contributed by atoms with Crippen molar-refractivity contribution in [3.05, 3.63) is 35.1 Å². The summed E-state index contributed by atoms with van der Waals surface area (Å²) in [6.45, 7) is 6.30. The molecule has 2 aromatic heterocycles. The molecule has 106 valence electrons. The Morgan fingerprint density at radius 3 is 3.20 bits per heavy atom. The average Bonchev–Trinajstić information content (AvgIpc) is 2.50. The third-order valence-corrected chi connectivity index (χ3v) is 4.13. The normalized spacial score (nSPS) is 20.4.